The van der Waals surface area contributed by atoms with Gasteiger partial charge in [-0.05, 0) is 37.0 Å². The van der Waals surface area contributed by atoms with Crippen LogP contribution in [0, 0.1) is 17.6 Å². The molecule has 20 heavy (non-hydrogen) atoms. The van der Waals surface area contributed by atoms with Gasteiger partial charge in [-0.15, -0.1) is 0 Å². The number of rotatable bonds is 2. The van der Waals surface area contributed by atoms with Crippen LogP contribution in [0.3, 0.4) is 0 Å². The van der Waals surface area contributed by atoms with Crippen molar-refractivity contribution < 1.29 is 18.3 Å². The maximum absolute atomic E-state index is 13.4. The van der Waals surface area contributed by atoms with Gasteiger partial charge in [-0.3, -0.25) is 4.79 Å². The predicted octanol–water partition coefficient (Wildman–Crippen LogP) is 2.36. The van der Waals surface area contributed by atoms with E-state index < -0.39 is 11.6 Å². The summed E-state index contributed by atoms with van der Waals surface area (Å²) in [5.74, 6) is -2.08. The molecule has 1 aromatic rings. The van der Waals surface area contributed by atoms with Crippen molar-refractivity contribution in [2.45, 2.75) is 37.3 Å². The number of halogens is 2. The second-order valence-corrected chi connectivity index (χ2v) is 5.64. The van der Waals surface area contributed by atoms with Gasteiger partial charge in [0.15, 0.2) is 0 Å². The molecule has 2 aliphatic rings. The molecule has 2 fully saturated rings. The minimum atomic E-state index is -0.602. The van der Waals surface area contributed by atoms with Crippen molar-refractivity contribution in [3.05, 3.63) is 35.4 Å². The number of methoxy groups -OCH3 is 1. The molecule has 2 bridgehead atoms. The van der Waals surface area contributed by atoms with Gasteiger partial charge in [-0.25, -0.2) is 8.78 Å². The summed E-state index contributed by atoms with van der Waals surface area (Å²) in [4.78, 5) is 12.1. The van der Waals surface area contributed by atoms with Gasteiger partial charge < -0.3 is 10.1 Å². The van der Waals surface area contributed by atoms with E-state index in [1.165, 1.54) is 19.2 Å². The summed E-state index contributed by atoms with van der Waals surface area (Å²) < 4.78 is 31.7. The highest BCUT2D eigenvalue weighted by Crippen LogP contribution is 2.42. The summed E-state index contributed by atoms with van der Waals surface area (Å²) in [6.07, 6.45) is 2.60. The predicted molar refractivity (Wildman–Crippen MR) is 69.2 cm³/mol. The van der Waals surface area contributed by atoms with Crippen molar-refractivity contribution in [2.75, 3.05) is 7.11 Å². The lowest BCUT2D eigenvalue weighted by Gasteiger charge is -2.36. The van der Waals surface area contributed by atoms with Crippen LogP contribution in [-0.4, -0.2) is 25.2 Å². The Morgan fingerprint density at radius 2 is 1.95 bits per heavy atom. The molecule has 0 amide bonds. The molecule has 0 aromatic heterocycles. The molecule has 0 radical (unpaired) electrons. The first-order valence-electron chi connectivity index (χ1n) is 6.88. The topological polar surface area (TPSA) is 38.3 Å². The zero-order valence-corrected chi connectivity index (χ0v) is 11.2. The van der Waals surface area contributed by atoms with E-state index in [-0.39, 0.29) is 23.8 Å². The summed E-state index contributed by atoms with van der Waals surface area (Å²) in [6.45, 7) is 0. The first-order chi connectivity index (χ1) is 9.58. The second kappa shape index (κ2) is 5.13. The summed E-state index contributed by atoms with van der Waals surface area (Å²) in [6, 6.07) is 3.87. The minimum Gasteiger partial charge on any atom is -0.469 e. The van der Waals surface area contributed by atoms with Gasteiger partial charge in [-0.2, -0.15) is 0 Å². The van der Waals surface area contributed by atoms with Crippen molar-refractivity contribution in [3.8, 4) is 0 Å². The summed E-state index contributed by atoms with van der Waals surface area (Å²) >= 11 is 0. The van der Waals surface area contributed by atoms with Crippen LogP contribution >= 0.6 is 0 Å². The molecule has 2 saturated heterocycles. The quantitative estimate of drug-likeness (QED) is 0.846. The van der Waals surface area contributed by atoms with Crippen LogP contribution in [0.15, 0.2) is 18.2 Å². The third-order valence-electron chi connectivity index (χ3n) is 4.47. The molecule has 5 heteroatoms. The lowest BCUT2D eigenvalue weighted by Crippen LogP contribution is -2.48. The smallest absolute Gasteiger partial charge is 0.310 e. The lowest BCUT2D eigenvalue weighted by molar-refractivity contribution is -0.148. The number of benzene rings is 1. The number of hydrogen-bond donors (Lipinski definition) is 1. The first-order valence-corrected chi connectivity index (χ1v) is 6.88. The number of carbonyl (C=O) groups is 1. The van der Waals surface area contributed by atoms with Gasteiger partial charge in [-0.1, -0.05) is 0 Å². The van der Waals surface area contributed by atoms with Gasteiger partial charge in [0.2, 0.25) is 0 Å². The van der Waals surface area contributed by atoms with Crippen LogP contribution in [-0.2, 0) is 9.53 Å². The van der Waals surface area contributed by atoms with Crippen molar-refractivity contribution in [1.29, 1.82) is 0 Å². The van der Waals surface area contributed by atoms with Crippen molar-refractivity contribution in [1.82, 2.24) is 5.32 Å². The fourth-order valence-corrected chi connectivity index (χ4v) is 3.65. The second-order valence-electron chi connectivity index (χ2n) is 5.64. The van der Waals surface area contributed by atoms with Gasteiger partial charge in [0.25, 0.3) is 0 Å². The number of nitrogens with one attached hydrogen (secondary N) is 1. The lowest BCUT2D eigenvalue weighted by atomic mass is 9.77. The number of ether oxygens (including phenoxy) is 1. The number of hydrogen-bond acceptors (Lipinski definition) is 3. The van der Waals surface area contributed by atoms with E-state index >= 15 is 0 Å². The van der Waals surface area contributed by atoms with E-state index in [1.807, 2.05) is 0 Å². The zero-order chi connectivity index (χ0) is 14.3. The summed E-state index contributed by atoms with van der Waals surface area (Å²) in [5.41, 5.74) is 0.552. The molecular formula is C15H17F2NO2. The van der Waals surface area contributed by atoms with E-state index in [1.54, 1.807) is 0 Å². The number of esters is 1. The Hall–Kier alpha value is -1.49. The highest BCUT2D eigenvalue weighted by molar-refractivity contribution is 5.75. The molecule has 1 N–H and O–H groups in total. The van der Waals surface area contributed by atoms with Crippen LogP contribution in [0.4, 0.5) is 8.78 Å². The molecule has 4 atom stereocenters. The van der Waals surface area contributed by atoms with Crippen LogP contribution in [0.25, 0.3) is 0 Å². The largest absolute Gasteiger partial charge is 0.469 e. The van der Waals surface area contributed by atoms with Crippen LogP contribution in [0.5, 0.6) is 0 Å². The Labute approximate surface area is 116 Å². The van der Waals surface area contributed by atoms with Crippen molar-refractivity contribution in [3.63, 3.8) is 0 Å². The Balaban J connectivity index is 1.98. The third-order valence-corrected chi connectivity index (χ3v) is 4.47. The van der Waals surface area contributed by atoms with Gasteiger partial charge in [0, 0.05) is 24.1 Å². The normalized spacial score (nSPS) is 32.1. The molecule has 0 saturated carbocycles. The van der Waals surface area contributed by atoms with Crippen LogP contribution in [0.2, 0.25) is 0 Å². The van der Waals surface area contributed by atoms with E-state index in [0.29, 0.717) is 18.0 Å². The average Bonchev–Trinajstić information content (AvgIpc) is 2.78. The molecule has 108 valence electrons. The molecule has 1 aromatic carbocycles. The molecule has 2 heterocycles. The molecule has 3 rings (SSSR count). The molecule has 0 aliphatic carbocycles. The van der Waals surface area contributed by atoms with Crippen molar-refractivity contribution >= 4 is 5.97 Å². The Bertz CT molecular complexity index is 514. The third kappa shape index (κ3) is 2.30. The van der Waals surface area contributed by atoms with Gasteiger partial charge in [0.1, 0.15) is 11.6 Å². The van der Waals surface area contributed by atoms with Gasteiger partial charge >= 0.3 is 5.97 Å². The number of piperidine rings is 1. The Morgan fingerprint density at radius 1 is 1.25 bits per heavy atom. The molecule has 2 aliphatic heterocycles. The van der Waals surface area contributed by atoms with E-state index in [4.69, 9.17) is 4.74 Å². The first kappa shape index (κ1) is 13.5. The fourth-order valence-electron chi connectivity index (χ4n) is 3.65. The zero-order valence-electron chi connectivity index (χ0n) is 11.2. The molecule has 0 spiro atoms. The maximum atomic E-state index is 13.4. The standard InChI is InChI=1S/C15H17F2NO2/c1-20-15(19)14-12(7-11-2-3-13(14)18-11)8-4-9(16)6-10(17)5-8/h4-6,11-14,18H,2-3,7H2,1H3/t11-,12-,13+,14-/m0/s1. The molecular weight excluding hydrogens is 264 g/mol. The SMILES string of the molecule is COC(=O)[C@@H]1[C@H]2CC[C@@H](C[C@H]1c1cc(F)cc(F)c1)N2. The summed E-state index contributed by atoms with van der Waals surface area (Å²) in [5, 5.41) is 3.40. The maximum Gasteiger partial charge on any atom is 0.310 e. The summed E-state index contributed by atoms with van der Waals surface area (Å²) in [7, 11) is 1.35. The fraction of sp³-hybridized carbons (Fsp3) is 0.533. The monoisotopic (exact) mass is 281 g/mol. The minimum absolute atomic E-state index is 0.0394. The van der Waals surface area contributed by atoms with Crippen LogP contribution in [0.1, 0.15) is 30.7 Å². The molecule has 3 nitrogen and oxygen atoms in total. The Kier molecular flexibility index (Phi) is 3.46. The van der Waals surface area contributed by atoms with E-state index in [2.05, 4.69) is 5.32 Å². The molecule has 0 unspecified atom stereocenters. The Morgan fingerprint density at radius 3 is 2.60 bits per heavy atom. The number of fused-ring (bicyclic) bond motifs is 2. The van der Waals surface area contributed by atoms with E-state index in [9.17, 15) is 13.6 Å². The number of carbonyl (C=O) groups excluding carboxylic acids is 1. The van der Waals surface area contributed by atoms with Gasteiger partial charge in [0.05, 0.1) is 13.0 Å². The highest BCUT2D eigenvalue weighted by Gasteiger charge is 2.46. The van der Waals surface area contributed by atoms with E-state index in [0.717, 1.165) is 18.9 Å². The average molecular weight is 281 g/mol. The van der Waals surface area contributed by atoms with Crippen LogP contribution < -0.4 is 5.32 Å². The highest BCUT2D eigenvalue weighted by atomic mass is 19.1. The van der Waals surface area contributed by atoms with Crippen molar-refractivity contribution in [2.24, 2.45) is 5.92 Å².